The molecule has 2 aromatic carbocycles. The molecule has 2 N–H and O–H groups in total. The number of anilines is 1. The largest absolute Gasteiger partial charge is 0.416 e. The molecule has 0 bridgehead atoms. The van der Waals surface area contributed by atoms with E-state index >= 15 is 0 Å². The van der Waals surface area contributed by atoms with Crippen LogP contribution in [0.15, 0.2) is 69.6 Å². The van der Waals surface area contributed by atoms with Crippen molar-refractivity contribution in [2.75, 3.05) is 4.90 Å². The van der Waals surface area contributed by atoms with E-state index < -0.39 is 23.1 Å². The van der Waals surface area contributed by atoms with Crippen LogP contribution in [0, 0.1) is 16.7 Å². The van der Waals surface area contributed by atoms with Gasteiger partial charge in [0.1, 0.15) is 5.82 Å². The Morgan fingerprint density at radius 2 is 1.82 bits per heavy atom. The van der Waals surface area contributed by atoms with E-state index in [0.29, 0.717) is 23.3 Å². The third-order valence-corrected chi connectivity index (χ3v) is 6.95. The Kier molecular flexibility index (Phi) is 6.07. The van der Waals surface area contributed by atoms with E-state index in [1.165, 1.54) is 4.90 Å². The smallest absolute Gasteiger partial charge is 0.384 e. The number of rotatable bonds is 2. The van der Waals surface area contributed by atoms with Gasteiger partial charge in [-0.2, -0.15) is 18.4 Å². The van der Waals surface area contributed by atoms with Crippen molar-refractivity contribution in [2.45, 2.75) is 38.8 Å². The van der Waals surface area contributed by atoms with Crippen molar-refractivity contribution in [1.82, 2.24) is 0 Å². The number of nitriles is 1. The molecule has 1 unspecified atom stereocenters. The molecule has 4 rings (SSSR count). The molecule has 4 nitrogen and oxygen atoms in total. The highest BCUT2D eigenvalue weighted by molar-refractivity contribution is 9.10. The lowest BCUT2D eigenvalue weighted by atomic mass is 9.68. The number of allylic oxidation sites excluding steroid dienone is 3. The third-order valence-electron chi connectivity index (χ3n) is 6.10. The number of hydrogen-bond acceptors (Lipinski definition) is 4. The Bertz CT molecular complexity index is 1290. The summed E-state index contributed by atoms with van der Waals surface area (Å²) in [5.74, 6) is -0.939. The summed E-state index contributed by atoms with van der Waals surface area (Å²) in [4.78, 5) is 14.8. The molecule has 34 heavy (non-hydrogen) atoms. The maximum Gasteiger partial charge on any atom is 0.416 e. The minimum Gasteiger partial charge on any atom is -0.384 e. The van der Waals surface area contributed by atoms with Crippen LogP contribution in [-0.2, 0) is 11.0 Å². The summed E-state index contributed by atoms with van der Waals surface area (Å²) in [5.41, 5.74) is 6.70. The van der Waals surface area contributed by atoms with Gasteiger partial charge in [0.15, 0.2) is 5.78 Å². The first-order chi connectivity index (χ1) is 15.8. The second kappa shape index (κ2) is 8.47. The second-order valence-electron chi connectivity index (χ2n) is 9.20. The molecular weight excluding hydrogens is 531 g/mol. The van der Waals surface area contributed by atoms with E-state index in [9.17, 15) is 23.2 Å². The maximum atomic E-state index is 13.5. The lowest BCUT2D eigenvalue weighted by Gasteiger charge is -2.44. The van der Waals surface area contributed by atoms with Crippen LogP contribution >= 0.6 is 27.5 Å². The molecule has 1 aliphatic carbocycles. The first kappa shape index (κ1) is 24.4. The van der Waals surface area contributed by atoms with E-state index in [2.05, 4.69) is 22.0 Å². The van der Waals surface area contributed by atoms with Crippen molar-refractivity contribution >= 4 is 39.0 Å². The minimum absolute atomic E-state index is 0.0194. The van der Waals surface area contributed by atoms with Gasteiger partial charge in [0.25, 0.3) is 0 Å². The Morgan fingerprint density at radius 3 is 2.41 bits per heavy atom. The lowest BCUT2D eigenvalue weighted by Crippen LogP contribution is -2.42. The van der Waals surface area contributed by atoms with Gasteiger partial charge >= 0.3 is 6.18 Å². The predicted octanol–water partition coefficient (Wildman–Crippen LogP) is 7.06. The molecule has 0 spiro atoms. The van der Waals surface area contributed by atoms with Gasteiger partial charge in [-0.3, -0.25) is 9.69 Å². The molecule has 0 amide bonds. The van der Waals surface area contributed by atoms with E-state index in [4.69, 9.17) is 17.3 Å². The summed E-state index contributed by atoms with van der Waals surface area (Å²) in [7, 11) is 0. The normalized spacial score (nSPS) is 20.4. The summed E-state index contributed by atoms with van der Waals surface area (Å²) in [5, 5.41) is 10.1. The third kappa shape index (κ3) is 4.23. The molecule has 0 aromatic heterocycles. The zero-order chi connectivity index (χ0) is 25.0. The van der Waals surface area contributed by atoms with E-state index in [1.807, 2.05) is 13.8 Å². The van der Waals surface area contributed by atoms with E-state index in [1.54, 1.807) is 24.3 Å². The number of nitrogens with zero attached hydrogens (tertiary/aromatic N) is 2. The van der Waals surface area contributed by atoms with Crippen LogP contribution in [-0.4, -0.2) is 5.78 Å². The molecule has 9 heteroatoms. The zero-order valence-corrected chi connectivity index (χ0v) is 20.6. The number of carbonyl (C=O) groups excluding carboxylic acids is 1. The van der Waals surface area contributed by atoms with Gasteiger partial charge in [-0.25, -0.2) is 0 Å². The second-order valence-corrected chi connectivity index (χ2v) is 10.5. The fourth-order valence-electron chi connectivity index (χ4n) is 4.63. The number of benzene rings is 2. The molecule has 0 fully saturated rings. The summed E-state index contributed by atoms with van der Waals surface area (Å²) in [6.45, 7) is 3.82. The van der Waals surface area contributed by atoms with Gasteiger partial charge in [0.05, 0.1) is 33.8 Å². The topological polar surface area (TPSA) is 70.1 Å². The van der Waals surface area contributed by atoms with Crippen molar-refractivity contribution in [3.05, 3.63) is 85.8 Å². The first-order valence-electron chi connectivity index (χ1n) is 10.4. The zero-order valence-electron chi connectivity index (χ0n) is 18.3. The maximum absolute atomic E-state index is 13.5. The molecular formula is C25H20BrClF3N3O. The molecule has 1 atom stereocenters. The fraction of sp³-hybridized carbons (Fsp3) is 0.280. The van der Waals surface area contributed by atoms with E-state index in [0.717, 1.165) is 22.7 Å². The van der Waals surface area contributed by atoms with Crippen LogP contribution in [0.5, 0.6) is 0 Å². The summed E-state index contributed by atoms with van der Waals surface area (Å²) < 4.78 is 41.4. The average molecular weight is 551 g/mol. The number of carbonyl (C=O) groups is 1. The quantitative estimate of drug-likeness (QED) is 0.434. The van der Waals surface area contributed by atoms with Gasteiger partial charge in [0.2, 0.25) is 0 Å². The molecule has 0 radical (unpaired) electrons. The standard InChI is InChI=1S/C25H20BrClF3N3O/c1-24(2)10-19-22(20(34)11-24)21(13-3-6-15(26)7-4-13)16(12-31)23(32)33(19)18-9-14(25(28,29)30)5-8-17(18)27/h3-9,21H,10-11,32H2,1-2H3. The lowest BCUT2D eigenvalue weighted by molar-refractivity contribution is -0.137. The van der Waals surface area contributed by atoms with Gasteiger partial charge in [-0.15, -0.1) is 0 Å². The average Bonchev–Trinajstić information content (AvgIpc) is 2.73. The number of nitrogens with two attached hydrogens (primary N) is 1. The highest BCUT2D eigenvalue weighted by Crippen LogP contribution is 2.51. The summed E-state index contributed by atoms with van der Waals surface area (Å²) in [6.07, 6.45) is -4.00. The molecule has 2 aromatic rings. The van der Waals surface area contributed by atoms with Crippen molar-refractivity contribution in [2.24, 2.45) is 11.1 Å². The number of ketones is 1. The van der Waals surface area contributed by atoms with Gasteiger partial charge in [0, 0.05) is 22.2 Å². The number of Topliss-reactive ketones (excluding diaryl/α,β-unsaturated/α-hetero) is 1. The molecule has 1 aliphatic heterocycles. The van der Waals surface area contributed by atoms with Gasteiger partial charge < -0.3 is 5.73 Å². The first-order valence-corrected chi connectivity index (χ1v) is 11.6. The monoisotopic (exact) mass is 549 g/mol. The Labute approximate surface area is 208 Å². The van der Waals surface area contributed by atoms with Crippen LogP contribution in [0.1, 0.15) is 43.7 Å². The number of hydrogen-bond donors (Lipinski definition) is 1. The summed E-state index contributed by atoms with van der Waals surface area (Å²) >= 11 is 9.75. The van der Waals surface area contributed by atoms with E-state index in [-0.39, 0.29) is 34.3 Å². The Balaban J connectivity index is 2.02. The molecule has 2 aliphatic rings. The molecule has 0 saturated carbocycles. The minimum atomic E-state index is -4.61. The molecule has 0 saturated heterocycles. The number of alkyl halides is 3. The van der Waals surface area contributed by atoms with Crippen molar-refractivity contribution in [1.29, 1.82) is 5.26 Å². The SMILES string of the molecule is CC1(C)CC(=O)C2=C(C1)N(c1cc(C(F)(F)F)ccc1Cl)C(N)=C(C#N)C2c1ccc(Br)cc1. The highest BCUT2D eigenvalue weighted by atomic mass is 79.9. The predicted molar refractivity (Wildman–Crippen MR) is 128 cm³/mol. The van der Waals surface area contributed by atoms with Crippen LogP contribution < -0.4 is 10.6 Å². The van der Waals surface area contributed by atoms with Crippen LogP contribution in [0.4, 0.5) is 18.9 Å². The Hall–Kier alpha value is -2.76. The highest BCUT2D eigenvalue weighted by Gasteiger charge is 2.45. The van der Waals surface area contributed by atoms with Crippen LogP contribution in [0.2, 0.25) is 5.02 Å². The van der Waals surface area contributed by atoms with Crippen molar-refractivity contribution < 1.29 is 18.0 Å². The molecule has 176 valence electrons. The molecule has 1 heterocycles. The van der Waals surface area contributed by atoms with Gasteiger partial charge in [-0.1, -0.05) is 53.5 Å². The van der Waals surface area contributed by atoms with Crippen LogP contribution in [0.25, 0.3) is 0 Å². The van der Waals surface area contributed by atoms with Crippen molar-refractivity contribution in [3.63, 3.8) is 0 Å². The summed E-state index contributed by atoms with van der Waals surface area (Å²) in [6, 6.07) is 12.2. The number of halogens is 5. The fourth-order valence-corrected chi connectivity index (χ4v) is 5.10. The van der Waals surface area contributed by atoms with Gasteiger partial charge in [-0.05, 0) is 47.7 Å². The van der Waals surface area contributed by atoms with Crippen molar-refractivity contribution in [3.8, 4) is 6.07 Å². The van der Waals surface area contributed by atoms with Crippen LogP contribution in [0.3, 0.4) is 0 Å². The Morgan fingerprint density at radius 1 is 1.18 bits per heavy atom.